The van der Waals surface area contributed by atoms with Gasteiger partial charge < -0.3 is 9.47 Å². The van der Waals surface area contributed by atoms with E-state index < -0.39 is 11.1 Å². The predicted molar refractivity (Wildman–Crippen MR) is 133 cm³/mol. The zero-order chi connectivity index (χ0) is 24.2. The van der Waals surface area contributed by atoms with E-state index in [2.05, 4.69) is 0 Å². The van der Waals surface area contributed by atoms with E-state index in [9.17, 15) is 14.0 Å². The van der Waals surface area contributed by atoms with Crippen LogP contribution in [-0.4, -0.2) is 17.8 Å². The number of carbonyl (C=O) groups is 2. The zero-order valence-corrected chi connectivity index (χ0v) is 20.2. The first kappa shape index (κ1) is 24.1. The van der Waals surface area contributed by atoms with E-state index in [4.69, 9.17) is 32.7 Å². The average molecular weight is 518 g/mol. The summed E-state index contributed by atoms with van der Waals surface area (Å²) in [5, 5.41) is 0.0991. The summed E-state index contributed by atoms with van der Waals surface area (Å²) in [5.74, 6) is -0.181. The van der Waals surface area contributed by atoms with Crippen LogP contribution in [0.25, 0.3) is 6.08 Å². The summed E-state index contributed by atoms with van der Waals surface area (Å²) in [6.07, 6.45) is 1.56. The van der Waals surface area contributed by atoms with Crippen molar-refractivity contribution in [2.24, 2.45) is 0 Å². The van der Waals surface area contributed by atoms with Gasteiger partial charge in [-0.3, -0.25) is 9.59 Å². The maximum Gasteiger partial charge on any atom is 0.298 e. The van der Waals surface area contributed by atoms with E-state index in [1.54, 1.807) is 54.6 Å². The van der Waals surface area contributed by atoms with Gasteiger partial charge in [0.2, 0.25) is 0 Å². The molecule has 2 amide bonds. The quantitative estimate of drug-likeness (QED) is 0.306. The molecule has 174 valence electrons. The van der Waals surface area contributed by atoms with Gasteiger partial charge in [0.1, 0.15) is 12.4 Å². The molecule has 0 radical (unpaired) electrons. The highest BCUT2D eigenvalue weighted by molar-refractivity contribution is 8.19. The molecule has 0 spiro atoms. The first-order chi connectivity index (χ1) is 16.4. The number of carbonyl (C=O) groups excluding carboxylic acids is 2. The summed E-state index contributed by atoms with van der Waals surface area (Å²) in [7, 11) is 0. The van der Waals surface area contributed by atoms with Gasteiger partial charge in [-0.05, 0) is 72.3 Å². The Morgan fingerprint density at radius 2 is 1.79 bits per heavy atom. The Morgan fingerprint density at radius 3 is 2.53 bits per heavy atom. The van der Waals surface area contributed by atoms with Gasteiger partial charge in [-0.1, -0.05) is 47.5 Å². The van der Waals surface area contributed by atoms with Gasteiger partial charge in [-0.25, -0.2) is 9.29 Å². The summed E-state index contributed by atoms with van der Waals surface area (Å²) < 4.78 is 25.0. The third-order valence-corrected chi connectivity index (χ3v) is 6.26. The lowest BCUT2D eigenvalue weighted by Crippen LogP contribution is -2.27. The first-order valence-electron chi connectivity index (χ1n) is 10.2. The molecule has 9 heteroatoms. The minimum Gasteiger partial charge on any atom is -0.490 e. The van der Waals surface area contributed by atoms with Crippen LogP contribution in [0.2, 0.25) is 10.0 Å². The lowest BCUT2D eigenvalue weighted by Gasteiger charge is -2.15. The minimum absolute atomic E-state index is 0.0909. The van der Waals surface area contributed by atoms with Crippen LogP contribution in [0.1, 0.15) is 18.1 Å². The molecule has 3 aromatic carbocycles. The lowest BCUT2D eigenvalue weighted by molar-refractivity contribution is -0.113. The smallest absolute Gasteiger partial charge is 0.298 e. The topological polar surface area (TPSA) is 55.8 Å². The SMILES string of the molecule is CCOc1cc(/C=C2\SC(=O)N(c3ccccc3Cl)C2=O)cc(Cl)c1OCc1cccc(F)c1. The Kier molecular flexibility index (Phi) is 7.46. The second-order valence-corrected chi connectivity index (χ2v) is 8.96. The van der Waals surface area contributed by atoms with Crippen LogP contribution < -0.4 is 14.4 Å². The molecule has 0 bridgehead atoms. The molecule has 0 atom stereocenters. The Hall–Kier alpha value is -3.00. The van der Waals surface area contributed by atoms with Gasteiger partial charge in [0, 0.05) is 0 Å². The van der Waals surface area contributed by atoms with Crippen molar-refractivity contribution in [1.29, 1.82) is 0 Å². The molecule has 5 nitrogen and oxygen atoms in total. The minimum atomic E-state index is -0.483. The maximum absolute atomic E-state index is 13.5. The Morgan fingerprint density at radius 1 is 1.00 bits per heavy atom. The molecule has 4 rings (SSSR count). The Labute approximate surface area is 210 Å². The van der Waals surface area contributed by atoms with E-state index in [0.717, 1.165) is 16.7 Å². The van der Waals surface area contributed by atoms with Gasteiger partial charge in [0.05, 0.1) is 27.2 Å². The number of hydrogen-bond donors (Lipinski definition) is 0. The number of ether oxygens (including phenoxy) is 2. The molecule has 0 aliphatic carbocycles. The number of hydrogen-bond acceptors (Lipinski definition) is 5. The number of halogens is 3. The molecule has 1 aliphatic rings. The number of para-hydroxylation sites is 1. The Bertz CT molecular complexity index is 1300. The molecular weight excluding hydrogens is 500 g/mol. The van der Waals surface area contributed by atoms with Crippen LogP contribution in [0, 0.1) is 5.82 Å². The van der Waals surface area contributed by atoms with Gasteiger partial charge in [-0.2, -0.15) is 0 Å². The predicted octanol–water partition coefficient (Wildman–Crippen LogP) is 7.35. The number of benzene rings is 3. The van der Waals surface area contributed by atoms with Crippen molar-refractivity contribution >= 4 is 57.9 Å². The fourth-order valence-electron chi connectivity index (χ4n) is 3.32. The van der Waals surface area contributed by atoms with E-state index in [0.29, 0.717) is 39.9 Å². The molecule has 1 heterocycles. The van der Waals surface area contributed by atoms with Crippen LogP contribution in [0.3, 0.4) is 0 Å². The molecule has 0 N–H and O–H groups in total. The van der Waals surface area contributed by atoms with E-state index >= 15 is 0 Å². The average Bonchev–Trinajstić information content (AvgIpc) is 3.06. The van der Waals surface area contributed by atoms with Crippen molar-refractivity contribution in [3.05, 3.63) is 92.6 Å². The molecule has 1 saturated heterocycles. The van der Waals surface area contributed by atoms with Crippen LogP contribution in [0.4, 0.5) is 14.9 Å². The summed E-state index contributed by atoms with van der Waals surface area (Å²) >= 11 is 13.5. The third kappa shape index (κ3) is 5.22. The van der Waals surface area contributed by atoms with Gasteiger partial charge >= 0.3 is 0 Å². The molecule has 34 heavy (non-hydrogen) atoms. The highest BCUT2D eigenvalue weighted by Crippen LogP contribution is 2.41. The van der Waals surface area contributed by atoms with E-state index in [1.165, 1.54) is 12.1 Å². The number of rotatable bonds is 7. The summed E-state index contributed by atoms with van der Waals surface area (Å²) in [6, 6.07) is 16.0. The highest BCUT2D eigenvalue weighted by Gasteiger charge is 2.37. The zero-order valence-electron chi connectivity index (χ0n) is 17.9. The second kappa shape index (κ2) is 10.5. The molecular formula is C25H18Cl2FNO4S. The Balaban J connectivity index is 1.61. The molecule has 0 aromatic heterocycles. The number of imide groups is 1. The van der Waals surface area contributed by atoms with Crippen molar-refractivity contribution < 1.29 is 23.5 Å². The molecule has 1 fully saturated rings. The van der Waals surface area contributed by atoms with Gasteiger partial charge in [-0.15, -0.1) is 0 Å². The van der Waals surface area contributed by atoms with Crippen LogP contribution in [0.5, 0.6) is 11.5 Å². The molecule has 3 aromatic rings. The van der Waals surface area contributed by atoms with Crippen molar-refractivity contribution in [2.75, 3.05) is 11.5 Å². The largest absolute Gasteiger partial charge is 0.490 e. The summed E-state index contributed by atoms with van der Waals surface area (Å²) in [4.78, 5) is 26.8. The fourth-order valence-corrected chi connectivity index (χ4v) is 4.64. The van der Waals surface area contributed by atoms with Crippen molar-refractivity contribution in [1.82, 2.24) is 0 Å². The molecule has 0 saturated carbocycles. The molecule has 1 aliphatic heterocycles. The number of amides is 2. The van der Waals surface area contributed by atoms with Crippen molar-refractivity contribution in [2.45, 2.75) is 13.5 Å². The van der Waals surface area contributed by atoms with Crippen LogP contribution >= 0.6 is 35.0 Å². The number of nitrogens with zero attached hydrogens (tertiary/aromatic N) is 1. The number of thioether (sulfide) groups is 1. The van der Waals surface area contributed by atoms with Crippen molar-refractivity contribution in [3.8, 4) is 11.5 Å². The monoisotopic (exact) mass is 517 g/mol. The van der Waals surface area contributed by atoms with Crippen LogP contribution in [-0.2, 0) is 11.4 Å². The third-order valence-electron chi connectivity index (χ3n) is 4.79. The van der Waals surface area contributed by atoms with Crippen molar-refractivity contribution in [3.63, 3.8) is 0 Å². The fraction of sp³-hybridized carbons (Fsp3) is 0.120. The standard InChI is InChI=1S/C25H18Cl2FNO4S/c1-2-32-21-12-16(11-19(27)23(21)33-14-15-6-5-7-17(28)10-15)13-22-24(30)29(25(31)34-22)20-9-4-3-8-18(20)26/h3-13H,2,14H2,1H3/b22-13-. The van der Waals surface area contributed by atoms with Gasteiger partial charge in [0.15, 0.2) is 11.5 Å². The first-order valence-corrected chi connectivity index (χ1v) is 11.8. The van der Waals surface area contributed by atoms with Crippen LogP contribution in [0.15, 0.2) is 65.6 Å². The normalized spacial score (nSPS) is 14.7. The van der Waals surface area contributed by atoms with E-state index in [1.807, 2.05) is 6.92 Å². The second-order valence-electron chi connectivity index (χ2n) is 7.15. The number of anilines is 1. The summed E-state index contributed by atoms with van der Waals surface area (Å²) in [5.41, 5.74) is 1.51. The lowest BCUT2D eigenvalue weighted by atomic mass is 10.1. The summed E-state index contributed by atoms with van der Waals surface area (Å²) in [6.45, 7) is 2.25. The maximum atomic E-state index is 13.5. The highest BCUT2D eigenvalue weighted by atomic mass is 35.5. The van der Waals surface area contributed by atoms with Gasteiger partial charge in [0.25, 0.3) is 11.1 Å². The van der Waals surface area contributed by atoms with E-state index in [-0.39, 0.29) is 22.4 Å². The molecule has 0 unspecified atom stereocenters.